The molecule has 0 N–H and O–H groups in total. The van der Waals surface area contributed by atoms with E-state index >= 15 is 0 Å². The summed E-state index contributed by atoms with van der Waals surface area (Å²) >= 11 is 0. The number of hydrogen-bond donors (Lipinski definition) is 0. The number of ether oxygens (including phenoxy) is 1. The van der Waals surface area contributed by atoms with Crippen molar-refractivity contribution in [3.63, 3.8) is 0 Å². The first-order valence-corrected chi connectivity index (χ1v) is 7.41. The second-order valence-electron chi connectivity index (χ2n) is 5.21. The van der Waals surface area contributed by atoms with Crippen LogP contribution in [0.4, 0.5) is 0 Å². The number of methoxy groups -OCH3 is 1. The van der Waals surface area contributed by atoms with Crippen LogP contribution in [0.25, 0.3) is 0 Å². The van der Waals surface area contributed by atoms with E-state index in [1.807, 2.05) is 31.2 Å². The molecule has 0 bridgehead atoms. The fraction of sp³-hybridized carbons (Fsp3) is 0.316. The Hall–Kier alpha value is -2.09. The molecule has 0 saturated carbocycles. The van der Waals surface area contributed by atoms with Gasteiger partial charge in [0, 0.05) is 11.1 Å². The Bertz CT molecular complexity index is 657. The van der Waals surface area contributed by atoms with E-state index in [0.29, 0.717) is 5.56 Å². The average molecular weight is 282 g/mol. The van der Waals surface area contributed by atoms with Gasteiger partial charge in [-0.3, -0.25) is 4.79 Å². The van der Waals surface area contributed by atoms with E-state index in [-0.39, 0.29) is 5.78 Å². The molecule has 2 rings (SSSR count). The van der Waals surface area contributed by atoms with Crippen molar-refractivity contribution in [3.05, 3.63) is 64.2 Å². The first-order valence-electron chi connectivity index (χ1n) is 7.41. The van der Waals surface area contributed by atoms with Crippen LogP contribution < -0.4 is 4.74 Å². The number of rotatable bonds is 5. The van der Waals surface area contributed by atoms with Crippen LogP contribution >= 0.6 is 0 Å². The zero-order valence-electron chi connectivity index (χ0n) is 13.2. The van der Waals surface area contributed by atoms with Crippen molar-refractivity contribution in [3.8, 4) is 5.75 Å². The number of ketones is 1. The van der Waals surface area contributed by atoms with Gasteiger partial charge in [0.15, 0.2) is 5.78 Å². The van der Waals surface area contributed by atoms with E-state index < -0.39 is 0 Å². The minimum atomic E-state index is 0.0699. The second kappa shape index (κ2) is 6.57. The smallest absolute Gasteiger partial charge is 0.193 e. The minimum Gasteiger partial charge on any atom is -0.496 e. The van der Waals surface area contributed by atoms with Gasteiger partial charge in [0.25, 0.3) is 0 Å². The highest BCUT2D eigenvalue weighted by Gasteiger charge is 2.15. The lowest BCUT2D eigenvalue weighted by Crippen LogP contribution is -2.06. The number of aryl methyl sites for hydroxylation is 3. The van der Waals surface area contributed by atoms with Gasteiger partial charge >= 0.3 is 0 Å². The summed E-state index contributed by atoms with van der Waals surface area (Å²) in [5.74, 6) is 0.825. The monoisotopic (exact) mass is 282 g/mol. The molecule has 2 nitrogen and oxygen atoms in total. The van der Waals surface area contributed by atoms with Gasteiger partial charge in [-0.2, -0.15) is 0 Å². The summed E-state index contributed by atoms with van der Waals surface area (Å²) in [4.78, 5) is 12.8. The Kier molecular flexibility index (Phi) is 4.79. The van der Waals surface area contributed by atoms with Gasteiger partial charge in [-0.05, 0) is 48.6 Å². The standard InChI is InChI=1S/C19H22O2/c1-5-14-8-10-15(6-2)17(11-14)19(20)16-9-7-13(3)18(12-16)21-4/h7-12H,5-6H2,1-4H3. The van der Waals surface area contributed by atoms with Gasteiger partial charge in [0.1, 0.15) is 5.75 Å². The van der Waals surface area contributed by atoms with Crippen LogP contribution in [-0.2, 0) is 12.8 Å². The zero-order valence-corrected chi connectivity index (χ0v) is 13.2. The summed E-state index contributed by atoms with van der Waals surface area (Å²) < 4.78 is 5.32. The molecule has 2 heteroatoms. The molecule has 0 radical (unpaired) electrons. The predicted molar refractivity (Wildman–Crippen MR) is 86.4 cm³/mol. The first-order chi connectivity index (χ1) is 10.1. The molecule has 0 spiro atoms. The fourth-order valence-electron chi connectivity index (χ4n) is 2.48. The van der Waals surface area contributed by atoms with Crippen molar-refractivity contribution in [1.82, 2.24) is 0 Å². The molecule has 0 amide bonds. The van der Waals surface area contributed by atoms with E-state index in [1.54, 1.807) is 7.11 Å². The molecule has 0 heterocycles. The normalized spacial score (nSPS) is 10.5. The van der Waals surface area contributed by atoms with Crippen LogP contribution in [-0.4, -0.2) is 12.9 Å². The van der Waals surface area contributed by atoms with Gasteiger partial charge < -0.3 is 4.74 Å². The quantitative estimate of drug-likeness (QED) is 0.762. The third kappa shape index (κ3) is 3.15. The van der Waals surface area contributed by atoms with E-state index in [4.69, 9.17) is 4.74 Å². The van der Waals surface area contributed by atoms with Crippen molar-refractivity contribution in [1.29, 1.82) is 0 Å². The Morgan fingerprint density at radius 1 is 1.05 bits per heavy atom. The Balaban J connectivity index is 2.48. The molecule has 0 unspecified atom stereocenters. The van der Waals surface area contributed by atoms with E-state index in [2.05, 4.69) is 26.0 Å². The van der Waals surface area contributed by atoms with Crippen LogP contribution in [0.1, 0.15) is 46.5 Å². The first kappa shape index (κ1) is 15.3. The summed E-state index contributed by atoms with van der Waals surface area (Å²) in [6, 6.07) is 11.8. The highest BCUT2D eigenvalue weighted by atomic mass is 16.5. The van der Waals surface area contributed by atoms with Gasteiger partial charge in [-0.15, -0.1) is 0 Å². The van der Waals surface area contributed by atoms with Crippen LogP contribution in [0.15, 0.2) is 36.4 Å². The van der Waals surface area contributed by atoms with Crippen LogP contribution in [0.3, 0.4) is 0 Å². The summed E-state index contributed by atoms with van der Waals surface area (Å²) in [6.07, 6.45) is 1.79. The van der Waals surface area contributed by atoms with Gasteiger partial charge in [0.2, 0.25) is 0 Å². The number of carbonyl (C=O) groups excluding carboxylic acids is 1. The highest BCUT2D eigenvalue weighted by Crippen LogP contribution is 2.23. The zero-order chi connectivity index (χ0) is 15.4. The maximum atomic E-state index is 12.8. The lowest BCUT2D eigenvalue weighted by Gasteiger charge is -2.11. The van der Waals surface area contributed by atoms with Crippen LogP contribution in [0, 0.1) is 6.92 Å². The molecule has 110 valence electrons. The predicted octanol–water partition coefficient (Wildman–Crippen LogP) is 4.36. The minimum absolute atomic E-state index is 0.0699. The molecule has 0 aromatic heterocycles. The lowest BCUT2D eigenvalue weighted by atomic mass is 9.94. The molecule has 0 saturated heterocycles. The van der Waals surface area contributed by atoms with E-state index in [9.17, 15) is 4.79 Å². The Morgan fingerprint density at radius 3 is 2.43 bits per heavy atom. The van der Waals surface area contributed by atoms with Gasteiger partial charge in [-0.1, -0.05) is 38.1 Å². The topological polar surface area (TPSA) is 26.3 Å². The van der Waals surface area contributed by atoms with Crippen molar-refractivity contribution in [2.45, 2.75) is 33.6 Å². The number of carbonyl (C=O) groups is 1. The molecule has 2 aromatic carbocycles. The second-order valence-corrected chi connectivity index (χ2v) is 5.21. The average Bonchev–Trinajstić information content (AvgIpc) is 2.54. The Morgan fingerprint density at radius 2 is 1.81 bits per heavy atom. The molecule has 0 aliphatic heterocycles. The molecule has 0 aliphatic rings. The largest absolute Gasteiger partial charge is 0.496 e. The number of benzene rings is 2. The van der Waals surface area contributed by atoms with Crippen LogP contribution in [0.2, 0.25) is 0 Å². The summed E-state index contributed by atoms with van der Waals surface area (Å²) in [5.41, 5.74) is 4.81. The Labute approximate surface area is 126 Å². The van der Waals surface area contributed by atoms with Gasteiger partial charge in [0.05, 0.1) is 7.11 Å². The van der Waals surface area contributed by atoms with Crippen molar-refractivity contribution in [2.75, 3.05) is 7.11 Å². The lowest BCUT2D eigenvalue weighted by molar-refractivity contribution is 0.103. The molecule has 0 aliphatic carbocycles. The van der Waals surface area contributed by atoms with Crippen LogP contribution in [0.5, 0.6) is 5.75 Å². The molecule has 2 aromatic rings. The third-order valence-corrected chi connectivity index (χ3v) is 3.88. The summed E-state index contributed by atoms with van der Waals surface area (Å²) in [5, 5.41) is 0. The maximum Gasteiger partial charge on any atom is 0.193 e. The van der Waals surface area contributed by atoms with Crippen molar-refractivity contribution < 1.29 is 9.53 Å². The summed E-state index contributed by atoms with van der Waals surface area (Å²) in [6.45, 7) is 6.15. The third-order valence-electron chi connectivity index (χ3n) is 3.88. The van der Waals surface area contributed by atoms with Gasteiger partial charge in [-0.25, -0.2) is 0 Å². The maximum absolute atomic E-state index is 12.8. The number of hydrogen-bond acceptors (Lipinski definition) is 2. The van der Waals surface area contributed by atoms with Crippen molar-refractivity contribution >= 4 is 5.78 Å². The molecular formula is C19H22O2. The molecule has 21 heavy (non-hydrogen) atoms. The molecular weight excluding hydrogens is 260 g/mol. The van der Waals surface area contributed by atoms with E-state index in [0.717, 1.165) is 35.3 Å². The van der Waals surface area contributed by atoms with Crippen molar-refractivity contribution in [2.24, 2.45) is 0 Å². The van der Waals surface area contributed by atoms with E-state index in [1.165, 1.54) is 5.56 Å². The fourth-order valence-corrected chi connectivity index (χ4v) is 2.48. The summed E-state index contributed by atoms with van der Waals surface area (Å²) in [7, 11) is 1.63. The molecule has 0 atom stereocenters. The highest BCUT2D eigenvalue weighted by molar-refractivity contribution is 6.10. The molecule has 0 fully saturated rings. The SMILES string of the molecule is CCc1ccc(CC)c(C(=O)c2ccc(C)c(OC)c2)c1.